The van der Waals surface area contributed by atoms with Gasteiger partial charge in [-0.05, 0) is 73.7 Å². The molecule has 0 amide bonds. The summed E-state index contributed by atoms with van der Waals surface area (Å²) >= 11 is 0. The molecule has 4 nitrogen and oxygen atoms in total. The van der Waals surface area contributed by atoms with Gasteiger partial charge >= 0.3 is 0 Å². The molecule has 6 unspecified atom stereocenters. The molecule has 0 aromatic carbocycles. The SMILES string of the molecule is COC1=C2CCC3C4CCC(=N)C4(C)C[C@@H](O)C3C2(C)CCC1OC. The first-order valence-electron chi connectivity index (χ1n) is 9.93. The van der Waals surface area contributed by atoms with Crippen LogP contribution >= 0.6 is 0 Å². The van der Waals surface area contributed by atoms with E-state index in [2.05, 4.69) is 13.8 Å². The van der Waals surface area contributed by atoms with Gasteiger partial charge in [-0.25, -0.2) is 0 Å². The van der Waals surface area contributed by atoms with Crippen LogP contribution < -0.4 is 0 Å². The lowest BCUT2D eigenvalue weighted by molar-refractivity contribution is -0.113. The Morgan fingerprint density at radius 2 is 1.84 bits per heavy atom. The van der Waals surface area contributed by atoms with Crippen LogP contribution in [0, 0.1) is 34.0 Å². The smallest absolute Gasteiger partial charge is 0.124 e. The molecule has 3 fully saturated rings. The van der Waals surface area contributed by atoms with Crippen LogP contribution in [0.15, 0.2) is 11.3 Å². The number of allylic oxidation sites excluding steroid dienone is 1. The number of rotatable bonds is 2. The molecule has 140 valence electrons. The van der Waals surface area contributed by atoms with Crippen LogP contribution in [0.3, 0.4) is 0 Å². The number of hydrogen-bond donors (Lipinski definition) is 2. The first-order valence-corrected chi connectivity index (χ1v) is 9.93. The Kier molecular flexibility index (Phi) is 4.08. The van der Waals surface area contributed by atoms with Gasteiger partial charge in [0.2, 0.25) is 0 Å². The summed E-state index contributed by atoms with van der Waals surface area (Å²) in [4.78, 5) is 0. The highest BCUT2D eigenvalue weighted by Crippen LogP contribution is 2.65. The van der Waals surface area contributed by atoms with Crippen molar-refractivity contribution in [1.29, 1.82) is 5.41 Å². The molecular weight excluding hydrogens is 314 g/mol. The fourth-order valence-corrected chi connectivity index (χ4v) is 7.22. The predicted octanol–water partition coefficient (Wildman–Crippen LogP) is 3.93. The predicted molar refractivity (Wildman–Crippen MR) is 97.6 cm³/mol. The highest BCUT2D eigenvalue weighted by atomic mass is 16.5. The fraction of sp³-hybridized carbons (Fsp3) is 0.857. The molecule has 0 aromatic rings. The highest BCUT2D eigenvalue weighted by molar-refractivity contribution is 5.89. The van der Waals surface area contributed by atoms with Crippen LogP contribution in [0.2, 0.25) is 0 Å². The summed E-state index contributed by atoms with van der Waals surface area (Å²) in [5.41, 5.74) is 2.20. The first kappa shape index (κ1) is 17.5. The number of nitrogens with one attached hydrogen (secondary N) is 1. The lowest BCUT2D eigenvalue weighted by atomic mass is 9.46. The zero-order valence-corrected chi connectivity index (χ0v) is 16.1. The molecule has 3 saturated carbocycles. The Morgan fingerprint density at radius 1 is 1.08 bits per heavy atom. The van der Waals surface area contributed by atoms with E-state index in [1.54, 1.807) is 14.2 Å². The highest BCUT2D eigenvalue weighted by Gasteiger charge is 2.61. The standard InChI is InChI=1S/C21H33NO3/c1-20-10-9-16(24-3)19(25-4)14(20)6-5-12-13-7-8-17(22)21(13,2)11-15(23)18(12)20/h12-13,15-16,18,22-23H,5-11H2,1-4H3/t12?,13?,15-,16?,18?,20?,21?/m1/s1. The van der Waals surface area contributed by atoms with E-state index >= 15 is 0 Å². The van der Waals surface area contributed by atoms with Gasteiger partial charge in [0.05, 0.1) is 13.2 Å². The van der Waals surface area contributed by atoms with E-state index in [1.165, 1.54) is 5.57 Å². The Morgan fingerprint density at radius 3 is 2.52 bits per heavy atom. The van der Waals surface area contributed by atoms with Crippen molar-refractivity contribution in [3.8, 4) is 0 Å². The van der Waals surface area contributed by atoms with E-state index in [4.69, 9.17) is 14.9 Å². The Bertz CT molecular complexity index is 614. The molecule has 0 aromatic heterocycles. The molecule has 2 N–H and O–H groups in total. The van der Waals surface area contributed by atoms with Gasteiger partial charge in [-0.2, -0.15) is 0 Å². The molecule has 25 heavy (non-hydrogen) atoms. The topological polar surface area (TPSA) is 62.5 Å². The van der Waals surface area contributed by atoms with E-state index in [0.29, 0.717) is 17.8 Å². The number of aliphatic hydroxyl groups is 1. The third kappa shape index (κ3) is 2.22. The van der Waals surface area contributed by atoms with Gasteiger partial charge in [-0.15, -0.1) is 0 Å². The molecule has 0 aliphatic heterocycles. The Hall–Kier alpha value is -0.870. The average Bonchev–Trinajstić information content (AvgIpc) is 2.87. The zero-order chi connectivity index (χ0) is 18.0. The number of hydrogen-bond acceptors (Lipinski definition) is 4. The average molecular weight is 347 g/mol. The van der Waals surface area contributed by atoms with Crippen LogP contribution in [-0.4, -0.2) is 37.2 Å². The van der Waals surface area contributed by atoms with Gasteiger partial charge in [-0.1, -0.05) is 13.8 Å². The van der Waals surface area contributed by atoms with E-state index in [-0.39, 0.29) is 23.0 Å². The maximum absolute atomic E-state index is 11.2. The molecule has 0 spiro atoms. The Labute approximate surface area is 151 Å². The molecule has 0 saturated heterocycles. The lowest BCUT2D eigenvalue weighted by Gasteiger charge is -2.59. The molecule has 4 aliphatic carbocycles. The van der Waals surface area contributed by atoms with Crippen molar-refractivity contribution in [1.82, 2.24) is 0 Å². The normalized spacial score (nSPS) is 49.5. The first-order chi connectivity index (χ1) is 11.9. The summed E-state index contributed by atoms with van der Waals surface area (Å²) in [5.74, 6) is 2.41. The van der Waals surface area contributed by atoms with Gasteiger partial charge in [0.15, 0.2) is 0 Å². The van der Waals surface area contributed by atoms with Gasteiger partial charge in [-0.3, -0.25) is 0 Å². The van der Waals surface area contributed by atoms with Crippen molar-refractivity contribution in [2.24, 2.45) is 28.6 Å². The molecule has 0 bridgehead atoms. The maximum atomic E-state index is 11.2. The van der Waals surface area contributed by atoms with Crippen LogP contribution in [0.25, 0.3) is 0 Å². The minimum atomic E-state index is -0.317. The molecule has 4 rings (SSSR count). The van der Waals surface area contributed by atoms with Crippen molar-refractivity contribution in [3.05, 3.63) is 11.3 Å². The second-order valence-electron chi connectivity index (χ2n) is 9.27. The van der Waals surface area contributed by atoms with Crippen molar-refractivity contribution in [2.75, 3.05) is 14.2 Å². The summed E-state index contributed by atoms with van der Waals surface area (Å²) in [5, 5.41) is 19.7. The fourth-order valence-electron chi connectivity index (χ4n) is 7.22. The second kappa shape index (κ2) is 5.82. The third-order valence-electron chi connectivity index (χ3n) is 8.41. The summed E-state index contributed by atoms with van der Waals surface area (Å²) < 4.78 is 11.5. The maximum Gasteiger partial charge on any atom is 0.124 e. The van der Waals surface area contributed by atoms with Crippen LogP contribution in [0.5, 0.6) is 0 Å². The van der Waals surface area contributed by atoms with Gasteiger partial charge in [0.1, 0.15) is 11.9 Å². The van der Waals surface area contributed by atoms with Crippen molar-refractivity contribution < 1.29 is 14.6 Å². The van der Waals surface area contributed by atoms with Crippen LogP contribution in [0.1, 0.15) is 58.8 Å². The molecular formula is C21H33NO3. The quantitative estimate of drug-likeness (QED) is 0.795. The minimum absolute atomic E-state index is 0.00875. The molecule has 7 atom stereocenters. The van der Waals surface area contributed by atoms with Crippen molar-refractivity contribution in [2.45, 2.75) is 71.0 Å². The minimum Gasteiger partial charge on any atom is -0.498 e. The monoisotopic (exact) mass is 347 g/mol. The molecule has 0 radical (unpaired) electrons. The number of aliphatic hydroxyl groups excluding tert-OH is 1. The molecule has 0 heterocycles. The van der Waals surface area contributed by atoms with E-state index in [9.17, 15) is 5.11 Å². The van der Waals surface area contributed by atoms with E-state index < -0.39 is 0 Å². The third-order valence-corrected chi connectivity index (χ3v) is 8.41. The summed E-state index contributed by atoms with van der Waals surface area (Å²) in [6, 6.07) is 0. The Balaban J connectivity index is 1.76. The molecule has 4 aliphatic rings. The number of methoxy groups -OCH3 is 2. The summed E-state index contributed by atoms with van der Waals surface area (Å²) in [7, 11) is 3.53. The van der Waals surface area contributed by atoms with Crippen LogP contribution in [-0.2, 0) is 9.47 Å². The largest absolute Gasteiger partial charge is 0.498 e. The van der Waals surface area contributed by atoms with Gasteiger partial charge in [0.25, 0.3) is 0 Å². The summed E-state index contributed by atoms with van der Waals surface area (Å²) in [6.45, 7) is 4.60. The number of fused-ring (bicyclic) bond motifs is 5. The lowest BCUT2D eigenvalue weighted by Crippen LogP contribution is -2.57. The van der Waals surface area contributed by atoms with Gasteiger partial charge in [0, 0.05) is 18.2 Å². The second-order valence-corrected chi connectivity index (χ2v) is 9.27. The van der Waals surface area contributed by atoms with Crippen LogP contribution in [0.4, 0.5) is 0 Å². The van der Waals surface area contributed by atoms with Crippen molar-refractivity contribution >= 4 is 5.71 Å². The van der Waals surface area contributed by atoms with E-state index in [0.717, 1.165) is 56.4 Å². The van der Waals surface area contributed by atoms with Gasteiger partial charge < -0.3 is 20.0 Å². The summed E-state index contributed by atoms with van der Waals surface area (Å²) in [6.07, 6.45) is 6.76. The zero-order valence-electron chi connectivity index (χ0n) is 16.1. The van der Waals surface area contributed by atoms with E-state index in [1.807, 2.05) is 0 Å². The number of ether oxygens (including phenoxy) is 2. The van der Waals surface area contributed by atoms with Crippen molar-refractivity contribution in [3.63, 3.8) is 0 Å². The molecule has 4 heteroatoms.